The zero-order valence-corrected chi connectivity index (χ0v) is 19.3. The molecule has 0 fully saturated rings. The van der Waals surface area contributed by atoms with Gasteiger partial charge in [0.15, 0.2) is 0 Å². The Morgan fingerprint density at radius 1 is 1.23 bits per heavy atom. The summed E-state index contributed by atoms with van der Waals surface area (Å²) in [4.78, 5) is 12.4. The van der Waals surface area contributed by atoms with Crippen LogP contribution in [0.15, 0.2) is 42.0 Å². The highest BCUT2D eigenvalue weighted by atomic mass is 32.2. The summed E-state index contributed by atoms with van der Waals surface area (Å²) in [6.07, 6.45) is 1.55. The maximum atomic E-state index is 12.4. The van der Waals surface area contributed by atoms with Gasteiger partial charge in [0.25, 0.3) is 5.91 Å². The molecule has 166 valence electrons. The van der Waals surface area contributed by atoms with Crippen molar-refractivity contribution in [1.82, 2.24) is 14.6 Å². The lowest BCUT2D eigenvalue weighted by molar-refractivity contribution is -0.116. The Bertz CT molecular complexity index is 1080. The van der Waals surface area contributed by atoms with Crippen LogP contribution in [-0.4, -0.2) is 31.2 Å². The molecule has 1 amide bonds. The average Bonchev–Trinajstić information content (AvgIpc) is 2.98. The maximum Gasteiger partial charge on any atom is 0.261 e. The first kappa shape index (κ1) is 24.4. The van der Waals surface area contributed by atoms with Crippen molar-refractivity contribution in [3.63, 3.8) is 0 Å². The van der Waals surface area contributed by atoms with E-state index in [1.165, 1.54) is 0 Å². The number of rotatable bonds is 10. The number of carbonyl (C=O) groups excluding carboxylic acids is 1. The number of sulfonamides is 1. The summed E-state index contributed by atoms with van der Waals surface area (Å²) in [5.74, 6) is -0.389. The lowest BCUT2D eigenvalue weighted by Gasteiger charge is -2.12. The second-order valence-corrected chi connectivity index (χ2v) is 9.81. The van der Waals surface area contributed by atoms with Crippen molar-refractivity contribution in [3.8, 4) is 6.07 Å². The zero-order chi connectivity index (χ0) is 23.0. The number of nitrogens with one attached hydrogen (secondary N) is 2. The van der Waals surface area contributed by atoms with Gasteiger partial charge in [0, 0.05) is 31.0 Å². The second-order valence-electron chi connectivity index (χ2n) is 7.88. The maximum absolute atomic E-state index is 12.4. The normalized spacial score (nSPS) is 12.1. The molecule has 7 nitrogen and oxygen atoms in total. The van der Waals surface area contributed by atoms with E-state index >= 15 is 0 Å². The molecule has 8 heteroatoms. The third-order valence-corrected chi connectivity index (χ3v) is 6.15. The van der Waals surface area contributed by atoms with Crippen LogP contribution in [0.2, 0.25) is 0 Å². The van der Waals surface area contributed by atoms with Crippen LogP contribution in [0, 0.1) is 31.1 Å². The number of carbonyl (C=O) groups is 1. The predicted molar refractivity (Wildman–Crippen MR) is 122 cm³/mol. The smallest absolute Gasteiger partial charge is 0.261 e. The van der Waals surface area contributed by atoms with E-state index in [-0.39, 0.29) is 24.4 Å². The Balaban J connectivity index is 1.97. The van der Waals surface area contributed by atoms with Crippen LogP contribution in [0.1, 0.15) is 36.4 Å². The number of nitriles is 1. The average molecular weight is 443 g/mol. The monoisotopic (exact) mass is 442 g/mol. The van der Waals surface area contributed by atoms with Gasteiger partial charge in [-0.3, -0.25) is 4.79 Å². The number of hydrogen-bond donors (Lipinski definition) is 2. The van der Waals surface area contributed by atoms with E-state index in [0.29, 0.717) is 5.92 Å². The molecule has 31 heavy (non-hydrogen) atoms. The fraction of sp³-hybridized carbons (Fsp3) is 0.391. The SMILES string of the molecule is Cc1cc(/C=C(/C#N)C(=O)NCCS(=O)(=O)NCc2ccccc2)c(C)n1CC(C)C. The Morgan fingerprint density at radius 2 is 1.90 bits per heavy atom. The molecule has 2 N–H and O–H groups in total. The number of nitrogens with zero attached hydrogens (tertiary/aromatic N) is 2. The first-order valence-corrected chi connectivity index (χ1v) is 11.9. The van der Waals surface area contributed by atoms with E-state index in [1.807, 2.05) is 56.3 Å². The number of hydrogen-bond acceptors (Lipinski definition) is 4. The van der Waals surface area contributed by atoms with Crippen molar-refractivity contribution in [2.24, 2.45) is 5.92 Å². The largest absolute Gasteiger partial charge is 0.350 e. The third kappa shape index (κ3) is 7.39. The molecule has 2 aromatic rings. The molecule has 1 aromatic carbocycles. The lowest BCUT2D eigenvalue weighted by Crippen LogP contribution is -2.34. The molecule has 0 spiro atoms. The molecule has 0 unspecified atom stereocenters. The Morgan fingerprint density at radius 3 is 2.52 bits per heavy atom. The Kier molecular flexibility index (Phi) is 8.60. The lowest BCUT2D eigenvalue weighted by atomic mass is 10.1. The van der Waals surface area contributed by atoms with Gasteiger partial charge < -0.3 is 9.88 Å². The van der Waals surface area contributed by atoms with Gasteiger partial charge >= 0.3 is 0 Å². The fourth-order valence-corrected chi connectivity index (χ4v) is 4.08. The molecule has 0 aliphatic rings. The van der Waals surface area contributed by atoms with Gasteiger partial charge in [-0.05, 0) is 43.0 Å². The molecule has 0 radical (unpaired) electrons. The van der Waals surface area contributed by atoms with Crippen LogP contribution in [0.4, 0.5) is 0 Å². The summed E-state index contributed by atoms with van der Waals surface area (Å²) in [5.41, 5.74) is 3.64. The Hall–Kier alpha value is -2.89. The Labute approximate surface area is 184 Å². The van der Waals surface area contributed by atoms with Crippen LogP contribution in [0.5, 0.6) is 0 Å². The highest BCUT2D eigenvalue weighted by Gasteiger charge is 2.15. The molecule has 0 aliphatic carbocycles. The van der Waals surface area contributed by atoms with Crippen molar-refractivity contribution >= 4 is 22.0 Å². The number of amides is 1. The molecule has 0 atom stereocenters. The standard InChI is InChI=1S/C23H30N4O3S/c1-17(2)16-27-18(3)12-21(19(27)4)13-22(14-24)23(28)25-10-11-31(29,30)26-15-20-8-6-5-7-9-20/h5-9,12-13,17,26H,10-11,15-16H2,1-4H3,(H,25,28)/b22-13-. The van der Waals surface area contributed by atoms with Gasteiger partial charge in [-0.15, -0.1) is 0 Å². The van der Waals surface area contributed by atoms with E-state index in [9.17, 15) is 18.5 Å². The van der Waals surface area contributed by atoms with Gasteiger partial charge in [-0.2, -0.15) is 5.26 Å². The highest BCUT2D eigenvalue weighted by Crippen LogP contribution is 2.19. The van der Waals surface area contributed by atoms with Crippen molar-refractivity contribution in [3.05, 3.63) is 64.5 Å². The summed E-state index contributed by atoms with van der Waals surface area (Å²) in [6, 6.07) is 13.0. The molecule has 0 bridgehead atoms. The van der Waals surface area contributed by atoms with E-state index in [1.54, 1.807) is 6.08 Å². The molecular weight excluding hydrogens is 412 g/mol. The first-order valence-electron chi connectivity index (χ1n) is 10.2. The summed E-state index contributed by atoms with van der Waals surface area (Å²) in [6.45, 7) is 9.16. The molecule has 0 aliphatic heterocycles. The summed E-state index contributed by atoms with van der Waals surface area (Å²) in [7, 11) is -3.56. The van der Waals surface area contributed by atoms with E-state index in [2.05, 4.69) is 28.5 Å². The molecule has 1 heterocycles. The van der Waals surface area contributed by atoms with E-state index in [4.69, 9.17) is 0 Å². The van der Waals surface area contributed by atoms with Crippen LogP contribution >= 0.6 is 0 Å². The van der Waals surface area contributed by atoms with Gasteiger partial charge in [0.1, 0.15) is 11.6 Å². The van der Waals surface area contributed by atoms with E-state index < -0.39 is 15.9 Å². The minimum Gasteiger partial charge on any atom is -0.350 e. The topological polar surface area (TPSA) is 104 Å². The predicted octanol–water partition coefficient (Wildman–Crippen LogP) is 2.90. The van der Waals surface area contributed by atoms with Gasteiger partial charge in [0.05, 0.1) is 5.75 Å². The minimum atomic E-state index is -3.56. The van der Waals surface area contributed by atoms with Crippen LogP contribution in [-0.2, 0) is 27.9 Å². The second kappa shape index (κ2) is 10.9. The molecular formula is C23H30N4O3S. The highest BCUT2D eigenvalue weighted by molar-refractivity contribution is 7.89. The first-order chi connectivity index (χ1) is 14.6. The van der Waals surface area contributed by atoms with Gasteiger partial charge in [-0.1, -0.05) is 44.2 Å². The minimum absolute atomic E-state index is 0.0561. The molecule has 1 aromatic heterocycles. The van der Waals surface area contributed by atoms with Gasteiger partial charge in [-0.25, -0.2) is 13.1 Å². The third-order valence-electron chi connectivity index (χ3n) is 4.82. The zero-order valence-electron chi connectivity index (χ0n) is 18.5. The van der Waals surface area contributed by atoms with Crippen molar-refractivity contribution in [2.75, 3.05) is 12.3 Å². The summed E-state index contributed by atoms with van der Waals surface area (Å²) < 4.78 is 29.0. The van der Waals surface area contributed by atoms with Crippen LogP contribution in [0.3, 0.4) is 0 Å². The number of benzene rings is 1. The number of aromatic nitrogens is 1. The van der Waals surface area contributed by atoms with Gasteiger partial charge in [0.2, 0.25) is 10.0 Å². The number of aryl methyl sites for hydroxylation is 1. The fourth-order valence-electron chi connectivity index (χ4n) is 3.18. The molecule has 2 rings (SSSR count). The van der Waals surface area contributed by atoms with E-state index in [0.717, 1.165) is 29.1 Å². The molecule has 0 saturated heterocycles. The summed E-state index contributed by atoms with van der Waals surface area (Å²) in [5, 5.41) is 11.9. The van der Waals surface area contributed by atoms with Crippen molar-refractivity contribution < 1.29 is 13.2 Å². The van der Waals surface area contributed by atoms with Crippen molar-refractivity contribution in [1.29, 1.82) is 5.26 Å². The van der Waals surface area contributed by atoms with Crippen molar-refractivity contribution in [2.45, 2.75) is 40.8 Å². The quantitative estimate of drug-likeness (QED) is 0.436. The van der Waals surface area contributed by atoms with Crippen LogP contribution in [0.25, 0.3) is 6.08 Å². The summed E-state index contributed by atoms with van der Waals surface area (Å²) >= 11 is 0. The molecule has 0 saturated carbocycles. The van der Waals surface area contributed by atoms with Crippen LogP contribution < -0.4 is 10.0 Å².